The van der Waals surface area contributed by atoms with E-state index < -0.39 is 0 Å². The van der Waals surface area contributed by atoms with Gasteiger partial charge in [0.15, 0.2) is 5.75 Å². The molecule has 3 nitrogen and oxygen atoms in total. The van der Waals surface area contributed by atoms with Crippen LogP contribution < -0.4 is 10.5 Å². The lowest BCUT2D eigenvalue weighted by Gasteiger charge is -2.10. The first-order valence-electron chi connectivity index (χ1n) is 5.91. The van der Waals surface area contributed by atoms with Crippen molar-refractivity contribution in [2.45, 2.75) is 0 Å². The molecule has 0 saturated carbocycles. The fraction of sp³-hybridized carbons (Fsp3) is 0. The van der Waals surface area contributed by atoms with Crippen molar-refractivity contribution < 1.29 is 9.13 Å². The van der Waals surface area contributed by atoms with Crippen LogP contribution in [0.4, 0.5) is 10.1 Å². The van der Waals surface area contributed by atoms with Gasteiger partial charge in [-0.25, -0.2) is 4.39 Å². The second-order valence-corrected chi connectivity index (χ2v) is 5.08. The van der Waals surface area contributed by atoms with E-state index in [1.54, 1.807) is 24.4 Å². The zero-order chi connectivity index (χ0) is 14.1. The zero-order valence-electron chi connectivity index (χ0n) is 10.3. The smallest absolute Gasteiger partial charge is 0.151 e. The van der Waals surface area contributed by atoms with E-state index in [-0.39, 0.29) is 5.82 Å². The van der Waals surface area contributed by atoms with Gasteiger partial charge in [-0.1, -0.05) is 0 Å². The fourth-order valence-electron chi connectivity index (χ4n) is 1.91. The van der Waals surface area contributed by atoms with Crippen LogP contribution in [0, 0.1) is 5.82 Å². The number of ether oxygens (including phenoxy) is 1. The van der Waals surface area contributed by atoms with Crippen LogP contribution in [0.3, 0.4) is 0 Å². The summed E-state index contributed by atoms with van der Waals surface area (Å²) in [7, 11) is 0. The van der Waals surface area contributed by atoms with Gasteiger partial charge < -0.3 is 10.5 Å². The van der Waals surface area contributed by atoms with Crippen molar-refractivity contribution >= 4 is 32.5 Å². The Labute approximate surface area is 123 Å². The molecule has 5 heteroatoms. The van der Waals surface area contributed by atoms with E-state index >= 15 is 0 Å². The Bertz CT molecular complexity index is 792. The molecule has 0 atom stereocenters. The van der Waals surface area contributed by atoms with Crippen molar-refractivity contribution in [3.05, 3.63) is 59.0 Å². The lowest BCUT2D eigenvalue weighted by Crippen LogP contribution is -1.94. The number of nitrogen functional groups attached to an aromatic ring is 1. The van der Waals surface area contributed by atoms with Gasteiger partial charge in [0.05, 0.1) is 15.7 Å². The Morgan fingerprint density at radius 2 is 2.00 bits per heavy atom. The van der Waals surface area contributed by atoms with Crippen molar-refractivity contribution in [2.24, 2.45) is 0 Å². The fourth-order valence-corrected chi connectivity index (χ4v) is 2.16. The molecule has 0 unspecified atom stereocenters. The molecule has 100 valence electrons. The molecule has 2 aromatic carbocycles. The number of hydrogen-bond donors (Lipinski definition) is 1. The molecule has 0 radical (unpaired) electrons. The molecular weight excluding hydrogens is 323 g/mol. The number of aromatic nitrogens is 1. The molecule has 20 heavy (non-hydrogen) atoms. The van der Waals surface area contributed by atoms with E-state index in [9.17, 15) is 4.39 Å². The number of pyridine rings is 1. The molecule has 3 rings (SSSR count). The number of rotatable bonds is 2. The highest BCUT2D eigenvalue weighted by Crippen LogP contribution is 2.33. The maximum atomic E-state index is 13.5. The van der Waals surface area contributed by atoms with Gasteiger partial charge in [-0.15, -0.1) is 0 Å². The minimum Gasteiger partial charge on any atom is -0.455 e. The average Bonchev–Trinajstić information content (AvgIpc) is 2.46. The summed E-state index contributed by atoms with van der Waals surface area (Å²) in [5.74, 6) is 0.483. The third kappa shape index (κ3) is 2.32. The number of anilines is 1. The molecule has 2 N–H and O–H groups in total. The monoisotopic (exact) mass is 332 g/mol. The van der Waals surface area contributed by atoms with Crippen LogP contribution in [-0.2, 0) is 0 Å². The summed E-state index contributed by atoms with van der Waals surface area (Å²) < 4.78 is 19.5. The van der Waals surface area contributed by atoms with Gasteiger partial charge in [-0.05, 0) is 52.3 Å². The topological polar surface area (TPSA) is 48.1 Å². The Morgan fingerprint density at radius 3 is 2.80 bits per heavy atom. The molecule has 1 heterocycles. The quantitative estimate of drug-likeness (QED) is 0.702. The minimum absolute atomic E-state index is 0.386. The molecule has 0 aliphatic carbocycles. The summed E-state index contributed by atoms with van der Waals surface area (Å²) in [4.78, 5) is 4.21. The van der Waals surface area contributed by atoms with Gasteiger partial charge >= 0.3 is 0 Å². The van der Waals surface area contributed by atoms with Gasteiger partial charge in [-0.3, -0.25) is 4.98 Å². The van der Waals surface area contributed by atoms with Crippen LogP contribution in [0.2, 0.25) is 0 Å². The summed E-state index contributed by atoms with van der Waals surface area (Å²) in [5, 5.41) is 0.808. The van der Waals surface area contributed by atoms with Crippen LogP contribution >= 0.6 is 15.9 Å². The maximum Gasteiger partial charge on any atom is 0.151 e. The van der Waals surface area contributed by atoms with Crippen LogP contribution in [-0.4, -0.2) is 4.98 Å². The SMILES string of the molecule is Nc1c(Oc2ccc(Br)c(F)c2)ccc2ncccc12. The minimum atomic E-state index is -0.386. The van der Waals surface area contributed by atoms with E-state index in [0.29, 0.717) is 21.7 Å². The first kappa shape index (κ1) is 12.9. The van der Waals surface area contributed by atoms with Crippen LogP contribution in [0.25, 0.3) is 10.9 Å². The lowest BCUT2D eigenvalue weighted by molar-refractivity contribution is 0.479. The predicted molar refractivity (Wildman–Crippen MR) is 80.3 cm³/mol. The number of hydrogen-bond acceptors (Lipinski definition) is 3. The van der Waals surface area contributed by atoms with Crippen LogP contribution in [0.1, 0.15) is 0 Å². The second kappa shape index (κ2) is 5.09. The number of benzene rings is 2. The summed E-state index contributed by atoms with van der Waals surface area (Å²) in [6.45, 7) is 0. The summed E-state index contributed by atoms with van der Waals surface area (Å²) >= 11 is 3.10. The highest BCUT2D eigenvalue weighted by molar-refractivity contribution is 9.10. The van der Waals surface area contributed by atoms with Crippen molar-refractivity contribution in [1.29, 1.82) is 0 Å². The molecule has 3 aromatic rings. The van der Waals surface area contributed by atoms with Crippen LogP contribution in [0.5, 0.6) is 11.5 Å². The van der Waals surface area contributed by atoms with Crippen molar-refractivity contribution in [2.75, 3.05) is 5.73 Å². The number of fused-ring (bicyclic) bond motifs is 1. The normalized spacial score (nSPS) is 10.7. The van der Waals surface area contributed by atoms with Gasteiger partial charge in [-0.2, -0.15) is 0 Å². The summed E-state index contributed by atoms with van der Waals surface area (Å²) in [5.41, 5.74) is 7.34. The third-order valence-electron chi connectivity index (χ3n) is 2.91. The van der Waals surface area contributed by atoms with Crippen molar-refractivity contribution in [3.8, 4) is 11.5 Å². The predicted octanol–water partition coefficient (Wildman–Crippen LogP) is 4.51. The number of nitrogens with zero attached hydrogens (tertiary/aromatic N) is 1. The number of nitrogens with two attached hydrogens (primary N) is 1. The standard InChI is InChI=1S/C15H10BrFN2O/c16-11-4-3-9(8-12(11)17)20-14-6-5-13-10(15(14)18)2-1-7-19-13/h1-8H,18H2. The summed E-state index contributed by atoms with van der Waals surface area (Å²) in [6.07, 6.45) is 1.70. The lowest BCUT2D eigenvalue weighted by atomic mass is 10.1. The van der Waals surface area contributed by atoms with Gasteiger partial charge in [0, 0.05) is 17.6 Å². The first-order valence-corrected chi connectivity index (χ1v) is 6.70. The molecular formula is C15H10BrFN2O. The highest BCUT2D eigenvalue weighted by atomic mass is 79.9. The molecule has 0 spiro atoms. The second-order valence-electron chi connectivity index (χ2n) is 4.23. The molecule has 0 aliphatic rings. The van der Waals surface area contributed by atoms with E-state index in [0.717, 1.165) is 10.9 Å². The summed E-state index contributed by atoms with van der Waals surface area (Å²) in [6, 6.07) is 11.8. The molecule has 0 fully saturated rings. The Hall–Kier alpha value is -2.14. The first-order chi connectivity index (χ1) is 9.65. The largest absolute Gasteiger partial charge is 0.455 e. The Morgan fingerprint density at radius 1 is 1.15 bits per heavy atom. The third-order valence-corrected chi connectivity index (χ3v) is 3.55. The molecule has 0 bridgehead atoms. The van der Waals surface area contributed by atoms with Crippen LogP contribution in [0.15, 0.2) is 53.1 Å². The molecule has 0 amide bonds. The average molecular weight is 333 g/mol. The van der Waals surface area contributed by atoms with E-state index in [1.807, 2.05) is 18.2 Å². The zero-order valence-corrected chi connectivity index (χ0v) is 11.9. The van der Waals surface area contributed by atoms with Gasteiger partial charge in [0.2, 0.25) is 0 Å². The van der Waals surface area contributed by atoms with E-state index in [2.05, 4.69) is 20.9 Å². The van der Waals surface area contributed by atoms with Gasteiger partial charge in [0.1, 0.15) is 11.6 Å². The molecule has 1 aromatic heterocycles. The maximum absolute atomic E-state index is 13.5. The Kier molecular flexibility index (Phi) is 3.28. The Balaban J connectivity index is 2.02. The highest BCUT2D eigenvalue weighted by Gasteiger charge is 2.08. The van der Waals surface area contributed by atoms with Crippen molar-refractivity contribution in [3.63, 3.8) is 0 Å². The van der Waals surface area contributed by atoms with Crippen molar-refractivity contribution in [1.82, 2.24) is 4.98 Å². The molecule has 0 aliphatic heterocycles. The molecule has 0 saturated heterocycles. The van der Waals surface area contributed by atoms with E-state index in [4.69, 9.17) is 10.5 Å². The van der Waals surface area contributed by atoms with E-state index in [1.165, 1.54) is 6.07 Å². The number of halogens is 2. The van der Waals surface area contributed by atoms with Gasteiger partial charge in [0.25, 0.3) is 0 Å².